The molecule has 4 nitrogen and oxygen atoms in total. The maximum Gasteiger partial charge on any atom is 0.573 e. The summed E-state index contributed by atoms with van der Waals surface area (Å²) >= 11 is 0. The molecule has 0 aliphatic carbocycles. The fourth-order valence-corrected chi connectivity index (χ4v) is 1.75. The van der Waals surface area contributed by atoms with Crippen LogP contribution in [0.4, 0.5) is 13.2 Å². The van der Waals surface area contributed by atoms with E-state index >= 15 is 0 Å². The summed E-state index contributed by atoms with van der Waals surface area (Å²) in [7, 11) is 0. The zero-order chi connectivity index (χ0) is 14.6. The van der Waals surface area contributed by atoms with Gasteiger partial charge in [-0.2, -0.15) is 5.10 Å². The second-order valence-electron chi connectivity index (χ2n) is 4.29. The lowest BCUT2D eigenvalue weighted by atomic mass is 10.1. The highest BCUT2D eigenvalue weighted by Crippen LogP contribution is 2.26. The number of para-hydroxylation sites is 1. The maximum atomic E-state index is 12.3. The van der Waals surface area contributed by atoms with E-state index < -0.39 is 6.36 Å². The molecule has 0 fully saturated rings. The van der Waals surface area contributed by atoms with Crippen LogP contribution in [0.5, 0.6) is 5.75 Å². The Morgan fingerprint density at radius 3 is 2.75 bits per heavy atom. The highest BCUT2D eigenvalue weighted by Gasteiger charge is 2.31. The number of benzene rings is 1. The molecule has 1 unspecified atom stereocenters. The van der Waals surface area contributed by atoms with Crippen LogP contribution >= 0.6 is 0 Å². The van der Waals surface area contributed by atoms with Crippen LogP contribution in [0.2, 0.25) is 0 Å². The first-order chi connectivity index (χ1) is 9.46. The average molecular weight is 285 g/mol. The first-order valence-electron chi connectivity index (χ1n) is 6.01. The number of alkyl halides is 3. The first-order valence-corrected chi connectivity index (χ1v) is 6.01. The van der Waals surface area contributed by atoms with E-state index in [9.17, 15) is 13.2 Å². The fourth-order valence-electron chi connectivity index (χ4n) is 1.75. The highest BCUT2D eigenvalue weighted by molar-refractivity contribution is 5.33. The van der Waals surface area contributed by atoms with E-state index in [-0.39, 0.29) is 18.3 Å². The Labute approximate surface area is 114 Å². The standard InChI is InChI=1S/C13H14F3N3O/c1-9(11-7-18-19-8-11)17-6-10-4-2-3-5-12(10)20-13(14,15)16/h2-5,7-9,17H,6H2,1H3,(H,18,19). The van der Waals surface area contributed by atoms with Gasteiger partial charge in [0, 0.05) is 29.9 Å². The lowest BCUT2D eigenvalue weighted by molar-refractivity contribution is -0.274. The summed E-state index contributed by atoms with van der Waals surface area (Å²) in [5, 5.41) is 9.63. The smallest absolute Gasteiger partial charge is 0.405 e. The third-order valence-corrected chi connectivity index (χ3v) is 2.82. The molecule has 0 spiro atoms. The summed E-state index contributed by atoms with van der Waals surface area (Å²) in [6.07, 6.45) is -1.29. The summed E-state index contributed by atoms with van der Waals surface area (Å²) in [5.74, 6) is -0.188. The van der Waals surface area contributed by atoms with Crippen molar-refractivity contribution < 1.29 is 17.9 Å². The normalized spacial score (nSPS) is 13.2. The monoisotopic (exact) mass is 285 g/mol. The van der Waals surface area contributed by atoms with E-state index in [1.54, 1.807) is 24.5 Å². The molecule has 1 heterocycles. The molecule has 7 heteroatoms. The molecule has 1 aromatic carbocycles. The number of nitrogens with zero attached hydrogens (tertiary/aromatic N) is 1. The maximum absolute atomic E-state index is 12.3. The molecule has 0 saturated heterocycles. The van der Waals surface area contributed by atoms with Crippen LogP contribution in [0.3, 0.4) is 0 Å². The zero-order valence-electron chi connectivity index (χ0n) is 10.7. The molecule has 0 aliphatic rings. The topological polar surface area (TPSA) is 49.9 Å². The number of aromatic amines is 1. The molecule has 2 rings (SSSR count). The largest absolute Gasteiger partial charge is 0.573 e. The Hall–Kier alpha value is -2.02. The Morgan fingerprint density at radius 1 is 1.35 bits per heavy atom. The lowest BCUT2D eigenvalue weighted by Crippen LogP contribution is -2.21. The van der Waals surface area contributed by atoms with Gasteiger partial charge in [-0.15, -0.1) is 13.2 Å². The van der Waals surface area contributed by atoms with Gasteiger partial charge >= 0.3 is 6.36 Å². The van der Waals surface area contributed by atoms with Crippen molar-refractivity contribution in [1.82, 2.24) is 15.5 Å². The van der Waals surface area contributed by atoms with E-state index in [2.05, 4.69) is 20.3 Å². The number of aromatic nitrogens is 2. The molecule has 108 valence electrons. The molecular weight excluding hydrogens is 271 g/mol. The fraction of sp³-hybridized carbons (Fsp3) is 0.308. The van der Waals surface area contributed by atoms with Gasteiger partial charge in [-0.3, -0.25) is 5.10 Å². The SMILES string of the molecule is CC(NCc1ccccc1OC(F)(F)F)c1cn[nH]c1. The number of hydrogen-bond donors (Lipinski definition) is 2. The number of rotatable bonds is 5. The van der Waals surface area contributed by atoms with Crippen molar-refractivity contribution >= 4 is 0 Å². The molecule has 2 N–H and O–H groups in total. The van der Waals surface area contributed by atoms with Crippen molar-refractivity contribution in [3.8, 4) is 5.75 Å². The molecule has 0 radical (unpaired) electrons. The second kappa shape index (κ2) is 5.96. The molecule has 2 aromatic rings. The van der Waals surface area contributed by atoms with E-state index in [0.29, 0.717) is 5.56 Å². The minimum absolute atomic E-state index is 0.0345. The third-order valence-electron chi connectivity index (χ3n) is 2.82. The number of nitrogens with one attached hydrogen (secondary N) is 2. The van der Waals surface area contributed by atoms with Gasteiger partial charge in [-0.05, 0) is 13.0 Å². The van der Waals surface area contributed by atoms with Gasteiger partial charge in [-0.1, -0.05) is 18.2 Å². The summed E-state index contributed by atoms with van der Waals surface area (Å²) in [6.45, 7) is 2.16. The second-order valence-corrected chi connectivity index (χ2v) is 4.29. The van der Waals surface area contributed by atoms with Gasteiger partial charge in [0.2, 0.25) is 0 Å². The van der Waals surface area contributed by atoms with Gasteiger partial charge in [-0.25, -0.2) is 0 Å². The van der Waals surface area contributed by atoms with Crippen LogP contribution in [-0.2, 0) is 6.54 Å². The molecule has 0 aliphatic heterocycles. The van der Waals surface area contributed by atoms with E-state index in [4.69, 9.17) is 0 Å². The molecule has 20 heavy (non-hydrogen) atoms. The van der Waals surface area contributed by atoms with Crippen molar-refractivity contribution in [3.63, 3.8) is 0 Å². The molecular formula is C13H14F3N3O. The quantitative estimate of drug-likeness (QED) is 0.887. The van der Waals surface area contributed by atoms with Crippen LogP contribution in [0.1, 0.15) is 24.1 Å². The van der Waals surface area contributed by atoms with Crippen molar-refractivity contribution in [1.29, 1.82) is 0 Å². The third kappa shape index (κ3) is 3.99. The van der Waals surface area contributed by atoms with Crippen LogP contribution in [-0.4, -0.2) is 16.6 Å². The number of H-pyrrole nitrogens is 1. The molecule has 0 amide bonds. The van der Waals surface area contributed by atoms with E-state index in [1.165, 1.54) is 12.1 Å². The van der Waals surface area contributed by atoms with Crippen LogP contribution < -0.4 is 10.1 Å². The Bertz CT molecular complexity index is 540. The lowest BCUT2D eigenvalue weighted by Gasteiger charge is -2.16. The van der Waals surface area contributed by atoms with Crippen molar-refractivity contribution in [2.45, 2.75) is 25.9 Å². The number of halogens is 3. The Balaban J connectivity index is 2.02. The molecule has 0 saturated carbocycles. The minimum atomic E-state index is -4.69. The Kier molecular flexibility index (Phi) is 4.29. The van der Waals surface area contributed by atoms with Crippen LogP contribution in [0, 0.1) is 0 Å². The summed E-state index contributed by atoms with van der Waals surface area (Å²) in [5.41, 5.74) is 1.37. The van der Waals surface area contributed by atoms with Crippen molar-refractivity contribution in [2.75, 3.05) is 0 Å². The zero-order valence-corrected chi connectivity index (χ0v) is 10.7. The van der Waals surface area contributed by atoms with Gasteiger partial charge in [0.1, 0.15) is 5.75 Å². The van der Waals surface area contributed by atoms with E-state index in [0.717, 1.165) is 5.56 Å². The van der Waals surface area contributed by atoms with Gasteiger partial charge in [0.05, 0.1) is 6.20 Å². The van der Waals surface area contributed by atoms with Crippen LogP contribution in [0.15, 0.2) is 36.7 Å². The summed E-state index contributed by atoms with van der Waals surface area (Å²) in [4.78, 5) is 0. The summed E-state index contributed by atoms with van der Waals surface area (Å²) in [6, 6.07) is 6.03. The van der Waals surface area contributed by atoms with Gasteiger partial charge < -0.3 is 10.1 Å². The highest BCUT2D eigenvalue weighted by atomic mass is 19.4. The predicted molar refractivity (Wildman–Crippen MR) is 67.0 cm³/mol. The minimum Gasteiger partial charge on any atom is -0.405 e. The Morgan fingerprint density at radius 2 is 2.10 bits per heavy atom. The predicted octanol–water partition coefficient (Wildman–Crippen LogP) is 3.16. The number of ether oxygens (including phenoxy) is 1. The first kappa shape index (κ1) is 14.4. The van der Waals surface area contributed by atoms with Gasteiger partial charge in [0.15, 0.2) is 0 Å². The average Bonchev–Trinajstić information content (AvgIpc) is 2.89. The number of hydrogen-bond acceptors (Lipinski definition) is 3. The van der Waals surface area contributed by atoms with E-state index in [1.807, 2.05) is 6.92 Å². The molecule has 0 bridgehead atoms. The summed E-state index contributed by atoms with van der Waals surface area (Å²) < 4.78 is 40.9. The molecule has 1 aromatic heterocycles. The molecule has 1 atom stereocenters. The van der Waals surface area contributed by atoms with Crippen molar-refractivity contribution in [3.05, 3.63) is 47.8 Å². The van der Waals surface area contributed by atoms with Crippen LogP contribution in [0.25, 0.3) is 0 Å². The van der Waals surface area contributed by atoms with Crippen molar-refractivity contribution in [2.24, 2.45) is 0 Å². The van der Waals surface area contributed by atoms with Gasteiger partial charge in [0.25, 0.3) is 0 Å².